The molecule has 200 valence electrons. The quantitative estimate of drug-likeness (QED) is 0.250. The van der Waals surface area contributed by atoms with Crippen LogP contribution in [0.1, 0.15) is 23.8 Å². The molecule has 2 aromatic carbocycles. The summed E-state index contributed by atoms with van der Waals surface area (Å²) in [5.41, 5.74) is 1.44. The summed E-state index contributed by atoms with van der Waals surface area (Å²) in [6, 6.07) is 13.5. The van der Waals surface area contributed by atoms with Crippen LogP contribution in [0.2, 0.25) is 5.02 Å². The molecule has 0 unspecified atom stereocenters. The first-order valence-electron chi connectivity index (χ1n) is 12.3. The van der Waals surface area contributed by atoms with Gasteiger partial charge >= 0.3 is 6.09 Å². The molecule has 0 bridgehead atoms. The maximum Gasteiger partial charge on any atom is 0.407 e. The van der Waals surface area contributed by atoms with Crippen molar-refractivity contribution in [1.82, 2.24) is 20.6 Å². The molecule has 0 aliphatic carbocycles. The molecule has 0 radical (unpaired) electrons. The molecular formula is C28H25ClFN5O3S. The maximum atomic E-state index is 13.4. The molecule has 1 fully saturated rings. The van der Waals surface area contributed by atoms with E-state index in [1.54, 1.807) is 24.3 Å². The lowest BCUT2D eigenvalue weighted by molar-refractivity contribution is 0.107. The smallest absolute Gasteiger partial charge is 0.407 e. The second-order valence-electron chi connectivity index (χ2n) is 8.76. The fourth-order valence-electron chi connectivity index (χ4n) is 4.04. The molecule has 3 N–H and O–H groups in total. The van der Waals surface area contributed by atoms with E-state index >= 15 is 0 Å². The number of fused-ring (bicyclic) bond motifs is 1. The number of amides is 1. The molecule has 2 aromatic heterocycles. The lowest BCUT2D eigenvalue weighted by Crippen LogP contribution is -2.29. The average molecular weight is 566 g/mol. The lowest BCUT2D eigenvalue weighted by Gasteiger charge is -2.11. The van der Waals surface area contributed by atoms with E-state index in [-0.39, 0.29) is 24.6 Å². The number of rotatable bonds is 7. The van der Waals surface area contributed by atoms with Gasteiger partial charge in [0.25, 0.3) is 0 Å². The van der Waals surface area contributed by atoms with Crippen LogP contribution < -0.4 is 20.7 Å². The Morgan fingerprint density at radius 3 is 2.97 bits per heavy atom. The van der Waals surface area contributed by atoms with Gasteiger partial charge in [0, 0.05) is 25.2 Å². The van der Waals surface area contributed by atoms with Gasteiger partial charge in [-0.15, -0.1) is 11.3 Å². The molecule has 8 nitrogen and oxygen atoms in total. The minimum Gasteiger partial charge on any atom is -0.487 e. The standard InChI is InChI=1S/C28H25ClFN5O3S/c1-2-31-28(36)38-21-11-19(32-14-21)6-8-22-13-23-26(33-16-34-27(23)39-22)35-20-7-9-25(24(29)12-20)37-15-17-4-3-5-18(30)10-17/h3-5,7,9-10,12-13,16,19,21,32H,2,11,14-15H2,1H3,(H,31,36)(H,33,34,35)/t19-,21-/m0/s1. The zero-order valence-corrected chi connectivity index (χ0v) is 22.5. The predicted octanol–water partition coefficient (Wildman–Crippen LogP) is 5.63. The van der Waals surface area contributed by atoms with Crippen LogP contribution in [0, 0.1) is 17.7 Å². The zero-order valence-electron chi connectivity index (χ0n) is 21.0. The van der Waals surface area contributed by atoms with Crippen molar-refractivity contribution in [1.29, 1.82) is 0 Å². The number of anilines is 2. The second kappa shape index (κ2) is 12.3. The Balaban J connectivity index is 1.24. The number of carbonyl (C=O) groups is 1. The van der Waals surface area contributed by atoms with Crippen molar-refractivity contribution in [3.05, 3.63) is 76.1 Å². The number of hydrogen-bond donors (Lipinski definition) is 3. The van der Waals surface area contributed by atoms with Crippen LogP contribution in [0.4, 0.5) is 20.7 Å². The lowest BCUT2D eigenvalue weighted by atomic mass is 10.2. The van der Waals surface area contributed by atoms with Gasteiger partial charge in [-0.3, -0.25) is 5.32 Å². The minimum absolute atomic E-state index is 0.0675. The van der Waals surface area contributed by atoms with Crippen molar-refractivity contribution in [2.75, 3.05) is 18.4 Å². The number of alkyl carbamates (subject to hydrolysis) is 1. The first-order valence-corrected chi connectivity index (χ1v) is 13.5. The molecule has 39 heavy (non-hydrogen) atoms. The number of benzene rings is 2. The van der Waals surface area contributed by atoms with Gasteiger partial charge in [0.15, 0.2) is 0 Å². The highest BCUT2D eigenvalue weighted by atomic mass is 35.5. The normalized spacial score (nSPS) is 16.4. The number of carbonyl (C=O) groups excluding carboxylic acids is 1. The minimum atomic E-state index is -0.409. The van der Waals surface area contributed by atoms with Crippen molar-refractivity contribution >= 4 is 50.8 Å². The molecule has 3 heterocycles. The largest absolute Gasteiger partial charge is 0.487 e. The Morgan fingerprint density at radius 2 is 2.15 bits per heavy atom. The number of hydrogen-bond acceptors (Lipinski definition) is 8. The summed E-state index contributed by atoms with van der Waals surface area (Å²) < 4.78 is 24.5. The Morgan fingerprint density at radius 1 is 1.26 bits per heavy atom. The Hall–Kier alpha value is -3.91. The van der Waals surface area contributed by atoms with E-state index in [4.69, 9.17) is 21.1 Å². The van der Waals surface area contributed by atoms with Crippen LogP contribution in [0.3, 0.4) is 0 Å². The van der Waals surface area contributed by atoms with E-state index in [2.05, 4.69) is 37.8 Å². The van der Waals surface area contributed by atoms with Gasteiger partial charge in [0.1, 0.15) is 41.3 Å². The van der Waals surface area contributed by atoms with E-state index in [1.807, 2.05) is 19.1 Å². The molecule has 1 aliphatic heterocycles. The Bertz CT molecular complexity index is 1550. The third-order valence-corrected chi connectivity index (χ3v) is 7.12. The van der Waals surface area contributed by atoms with Gasteiger partial charge < -0.3 is 20.1 Å². The fourth-order valence-corrected chi connectivity index (χ4v) is 5.13. The first-order chi connectivity index (χ1) is 19.0. The molecule has 1 saturated heterocycles. The molecular weight excluding hydrogens is 541 g/mol. The Labute approximate surface area is 233 Å². The van der Waals surface area contributed by atoms with Crippen LogP contribution in [0.15, 0.2) is 54.9 Å². The SMILES string of the molecule is CCNC(=O)O[C@@H]1CN[C@@H](C#Cc2cc3c(Nc4ccc(OCc5cccc(F)c5)c(Cl)c4)ncnc3s2)C1. The third-order valence-electron chi connectivity index (χ3n) is 5.86. The van der Waals surface area contributed by atoms with Crippen molar-refractivity contribution in [3.63, 3.8) is 0 Å². The summed E-state index contributed by atoms with van der Waals surface area (Å²) in [6.45, 7) is 3.14. The number of halogens is 2. The van der Waals surface area contributed by atoms with Gasteiger partial charge in [0.2, 0.25) is 0 Å². The van der Waals surface area contributed by atoms with Crippen LogP contribution in [0.5, 0.6) is 5.75 Å². The van der Waals surface area contributed by atoms with E-state index < -0.39 is 6.09 Å². The molecule has 2 atom stereocenters. The summed E-state index contributed by atoms with van der Waals surface area (Å²) in [5, 5.41) is 10.5. The number of aromatic nitrogens is 2. The zero-order chi connectivity index (χ0) is 27.2. The van der Waals surface area contributed by atoms with Gasteiger partial charge in [-0.05, 0) is 48.9 Å². The highest BCUT2D eigenvalue weighted by Crippen LogP contribution is 2.33. The van der Waals surface area contributed by atoms with Crippen LogP contribution in [-0.2, 0) is 11.3 Å². The van der Waals surface area contributed by atoms with Crippen molar-refractivity contribution in [3.8, 4) is 17.6 Å². The molecule has 1 aliphatic rings. The summed E-state index contributed by atoms with van der Waals surface area (Å²) in [5.74, 6) is 7.23. The highest BCUT2D eigenvalue weighted by molar-refractivity contribution is 7.19. The molecule has 0 spiro atoms. The van der Waals surface area contributed by atoms with Crippen molar-refractivity contribution < 1.29 is 18.7 Å². The van der Waals surface area contributed by atoms with E-state index in [9.17, 15) is 9.18 Å². The monoisotopic (exact) mass is 565 g/mol. The van der Waals surface area contributed by atoms with Crippen LogP contribution in [0.25, 0.3) is 10.2 Å². The fraction of sp³-hybridized carbons (Fsp3) is 0.250. The Kier molecular flexibility index (Phi) is 8.42. The third kappa shape index (κ3) is 6.95. The maximum absolute atomic E-state index is 13.4. The highest BCUT2D eigenvalue weighted by Gasteiger charge is 2.25. The van der Waals surface area contributed by atoms with Crippen LogP contribution >= 0.6 is 22.9 Å². The average Bonchev–Trinajstić information content (AvgIpc) is 3.54. The first kappa shape index (κ1) is 26.7. The predicted molar refractivity (Wildman–Crippen MR) is 150 cm³/mol. The number of ether oxygens (including phenoxy) is 2. The van der Waals surface area contributed by atoms with Crippen LogP contribution in [-0.4, -0.2) is 41.3 Å². The summed E-state index contributed by atoms with van der Waals surface area (Å²) >= 11 is 7.92. The van der Waals surface area contributed by atoms with Gasteiger partial charge in [-0.2, -0.15) is 0 Å². The van der Waals surface area contributed by atoms with Gasteiger partial charge in [0.05, 0.1) is 21.3 Å². The number of nitrogens with one attached hydrogen (secondary N) is 3. The molecule has 0 saturated carbocycles. The number of thiophene rings is 1. The summed E-state index contributed by atoms with van der Waals surface area (Å²) in [4.78, 5) is 22.1. The van der Waals surface area contributed by atoms with Gasteiger partial charge in [-0.1, -0.05) is 35.6 Å². The summed E-state index contributed by atoms with van der Waals surface area (Å²) in [7, 11) is 0. The molecule has 1 amide bonds. The number of nitrogens with zero attached hydrogens (tertiary/aromatic N) is 2. The second-order valence-corrected chi connectivity index (χ2v) is 10.2. The molecule has 5 rings (SSSR count). The van der Waals surface area contributed by atoms with E-state index in [0.717, 1.165) is 20.8 Å². The molecule has 4 aromatic rings. The van der Waals surface area contributed by atoms with Crippen molar-refractivity contribution in [2.45, 2.75) is 32.1 Å². The molecule has 11 heteroatoms. The summed E-state index contributed by atoms with van der Waals surface area (Å²) in [6.07, 6.45) is 1.51. The van der Waals surface area contributed by atoms with Crippen molar-refractivity contribution in [2.24, 2.45) is 0 Å². The van der Waals surface area contributed by atoms with E-state index in [1.165, 1.54) is 29.8 Å². The topological polar surface area (TPSA) is 97.4 Å². The van der Waals surface area contributed by atoms with Gasteiger partial charge in [-0.25, -0.2) is 19.2 Å². The van der Waals surface area contributed by atoms with E-state index in [0.29, 0.717) is 41.7 Å².